The molecule has 1 saturated heterocycles. The van der Waals surface area contributed by atoms with Crippen LogP contribution in [0.4, 0.5) is 5.69 Å². The van der Waals surface area contributed by atoms with E-state index in [0.29, 0.717) is 11.6 Å². The second-order valence-corrected chi connectivity index (χ2v) is 9.71. The van der Waals surface area contributed by atoms with Crippen LogP contribution in [0.25, 0.3) is 11.1 Å². The Bertz CT molecular complexity index is 1100. The van der Waals surface area contributed by atoms with Crippen molar-refractivity contribution < 1.29 is 4.79 Å². The molecule has 4 rings (SSSR count). The summed E-state index contributed by atoms with van der Waals surface area (Å²) >= 11 is 7.08. The first kappa shape index (κ1) is 23.4. The normalized spacial score (nSPS) is 14.2. The molecule has 2 aromatic carbocycles. The van der Waals surface area contributed by atoms with E-state index in [0.717, 1.165) is 65.8 Å². The number of thiocarbonyl (C=S) groups is 1. The summed E-state index contributed by atoms with van der Waals surface area (Å²) in [6, 6.07) is 16.2. The van der Waals surface area contributed by atoms with E-state index in [-0.39, 0.29) is 5.91 Å². The quantitative estimate of drug-likeness (QED) is 0.436. The molecule has 3 aromatic rings. The molecule has 1 aliphatic heterocycles. The number of para-hydroxylation sites is 1. The predicted molar refractivity (Wildman–Crippen MR) is 141 cm³/mol. The van der Waals surface area contributed by atoms with Gasteiger partial charge in [0, 0.05) is 42.2 Å². The third-order valence-corrected chi connectivity index (χ3v) is 7.36. The number of aromatic nitrogens is 1. The minimum absolute atomic E-state index is 0.167. The second-order valence-electron chi connectivity index (χ2n) is 8.43. The largest absolute Gasteiger partial charge is 0.363 e. The minimum atomic E-state index is -0.167. The molecule has 5 nitrogen and oxygen atoms in total. The predicted octanol–water partition coefficient (Wildman–Crippen LogP) is 5.83. The van der Waals surface area contributed by atoms with E-state index in [1.165, 1.54) is 5.56 Å². The molecule has 1 aliphatic rings. The molecule has 1 aromatic heterocycles. The SMILES string of the molecule is CCCNC(=S)N1CCC(c2nc(C(=O)Nc3ccccc3-c3ccc(C)cc3)cs2)CC1. The number of benzene rings is 2. The highest BCUT2D eigenvalue weighted by atomic mass is 32.1. The second kappa shape index (κ2) is 10.9. The fraction of sp³-hybridized carbons (Fsp3) is 0.346. The van der Waals surface area contributed by atoms with Crippen molar-refractivity contribution >= 4 is 40.3 Å². The van der Waals surface area contributed by atoms with Gasteiger partial charge in [-0.1, -0.05) is 55.0 Å². The van der Waals surface area contributed by atoms with Crippen molar-refractivity contribution in [3.63, 3.8) is 0 Å². The van der Waals surface area contributed by atoms with Gasteiger partial charge in [0.25, 0.3) is 5.91 Å². The Kier molecular flexibility index (Phi) is 7.73. The van der Waals surface area contributed by atoms with Gasteiger partial charge in [-0.2, -0.15) is 0 Å². The third kappa shape index (κ3) is 5.78. The molecule has 2 N–H and O–H groups in total. The van der Waals surface area contributed by atoms with Crippen molar-refractivity contribution in [2.45, 2.75) is 39.0 Å². The molecule has 0 unspecified atom stereocenters. The van der Waals surface area contributed by atoms with Crippen LogP contribution in [-0.2, 0) is 0 Å². The number of nitrogens with zero attached hydrogens (tertiary/aromatic N) is 2. The molecule has 1 fully saturated rings. The van der Waals surface area contributed by atoms with Gasteiger partial charge in [-0.3, -0.25) is 4.79 Å². The average molecular weight is 479 g/mol. The van der Waals surface area contributed by atoms with E-state index >= 15 is 0 Å². The molecule has 0 bridgehead atoms. The Balaban J connectivity index is 1.40. The van der Waals surface area contributed by atoms with Crippen LogP contribution in [0.2, 0.25) is 0 Å². The Labute approximate surface area is 205 Å². The van der Waals surface area contributed by atoms with Gasteiger partial charge in [0.15, 0.2) is 5.11 Å². The van der Waals surface area contributed by atoms with Gasteiger partial charge in [-0.25, -0.2) is 4.98 Å². The van der Waals surface area contributed by atoms with E-state index in [2.05, 4.69) is 53.6 Å². The first-order chi connectivity index (χ1) is 16.0. The van der Waals surface area contributed by atoms with Crippen LogP contribution in [0.3, 0.4) is 0 Å². The number of anilines is 1. The zero-order valence-electron chi connectivity index (χ0n) is 19.1. The summed E-state index contributed by atoms with van der Waals surface area (Å²) in [6.45, 7) is 6.96. The molecule has 33 heavy (non-hydrogen) atoms. The molecular formula is C26H30N4OS2. The lowest BCUT2D eigenvalue weighted by Crippen LogP contribution is -2.44. The number of piperidine rings is 1. The van der Waals surface area contributed by atoms with Gasteiger partial charge >= 0.3 is 0 Å². The first-order valence-corrected chi connectivity index (χ1v) is 12.8. The smallest absolute Gasteiger partial charge is 0.275 e. The van der Waals surface area contributed by atoms with E-state index in [4.69, 9.17) is 17.2 Å². The Morgan fingerprint density at radius 1 is 1.15 bits per heavy atom. The topological polar surface area (TPSA) is 57.3 Å². The summed E-state index contributed by atoms with van der Waals surface area (Å²) < 4.78 is 0. The van der Waals surface area contributed by atoms with Crippen molar-refractivity contribution in [2.75, 3.05) is 25.0 Å². The molecule has 0 atom stereocenters. The summed E-state index contributed by atoms with van der Waals surface area (Å²) in [7, 11) is 0. The van der Waals surface area contributed by atoms with Crippen LogP contribution in [0.1, 0.15) is 53.2 Å². The molecule has 7 heteroatoms. The Hall–Kier alpha value is -2.77. The summed E-state index contributed by atoms with van der Waals surface area (Å²) in [5.74, 6) is 0.209. The number of rotatable bonds is 6. The minimum Gasteiger partial charge on any atom is -0.363 e. The van der Waals surface area contributed by atoms with Crippen LogP contribution in [0, 0.1) is 6.92 Å². The van der Waals surface area contributed by atoms with Gasteiger partial charge in [0.2, 0.25) is 0 Å². The molecule has 0 radical (unpaired) electrons. The lowest BCUT2D eigenvalue weighted by molar-refractivity contribution is 0.102. The van der Waals surface area contributed by atoms with Crippen molar-refractivity contribution in [1.82, 2.24) is 15.2 Å². The zero-order chi connectivity index (χ0) is 23.2. The number of carbonyl (C=O) groups excluding carboxylic acids is 1. The van der Waals surface area contributed by atoms with Gasteiger partial charge < -0.3 is 15.5 Å². The fourth-order valence-corrected chi connectivity index (χ4v) is 5.27. The van der Waals surface area contributed by atoms with Crippen LogP contribution < -0.4 is 10.6 Å². The van der Waals surface area contributed by atoms with Gasteiger partial charge in [0.05, 0.1) is 5.01 Å². The van der Waals surface area contributed by atoms with E-state index in [1.807, 2.05) is 29.6 Å². The summed E-state index contributed by atoms with van der Waals surface area (Å²) in [5.41, 5.74) is 4.56. The monoisotopic (exact) mass is 478 g/mol. The maximum atomic E-state index is 13.0. The van der Waals surface area contributed by atoms with Crippen molar-refractivity contribution in [3.05, 3.63) is 70.2 Å². The van der Waals surface area contributed by atoms with Crippen LogP contribution in [0.15, 0.2) is 53.9 Å². The molecule has 2 heterocycles. The number of hydrogen-bond acceptors (Lipinski definition) is 4. The maximum Gasteiger partial charge on any atom is 0.275 e. The third-order valence-electron chi connectivity index (χ3n) is 5.95. The van der Waals surface area contributed by atoms with Crippen molar-refractivity contribution in [1.29, 1.82) is 0 Å². The van der Waals surface area contributed by atoms with Crippen LogP contribution in [-0.4, -0.2) is 40.5 Å². The summed E-state index contributed by atoms with van der Waals surface area (Å²) in [6.07, 6.45) is 3.06. The maximum absolute atomic E-state index is 13.0. The molecule has 1 amide bonds. The van der Waals surface area contributed by atoms with Gasteiger partial charge in [-0.15, -0.1) is 11.3 Å². The highest BCUT2D eigenvalue weighted by molar-refractivity contribution is 7.80. The zero-order valence-corrected chi connectivity index (χ0v) is 20.8. The van der Waals surface area contributed by atoms with E-state index < -0.39 is 0 Å². The summed E-state index contributed by atoms with van der Waals surface area (Å²) in [4.78, 5) is 19.9. The van der Waals surface area contributed by atoms with Crippen LogP contribution >= 0.6 is 23.6 Å². The van der Waals surface area contributed by atoms with Crippen molar-refractivity contribution in [2.24, 2.45) is 0 Å². The number of amides is 1. The molecule has 0 aliphatic carbocycles. The van der Waals surface area contributed by atoms with Crippen molar-refractivity contribution in [3.8, 4) is 11.1 Å². The standard InChI is InChI=1S/C26H30N4OS2/c1-3-14-27-26(32)30-15-12-20(13-16-30)25-29-23(17-33-25)24(31)28-22-7-5-4-6-21(22)19-10-8-18(2)9-11-19/h4-11,17,20H,3,12-16H2,1-2H3,(H,27,32)(H,28,31). The summed E-state index contributed by atoms with van der Waals surface area (Å²) in [5, 5.41) is 10.1. The Morgan fingerprint density at radius 2 is 1.88 bits per heavy atom. The number of likely N-dealkylation sites (tertiary alicyclic amines) is 1. The lowest BCUT2D eigenvalue weighted by atomic mass is 9.98. The molecule has 172 valence electrons. The molecule has 0 spiro atoms. The number of aryl methyl sites for hydroxylation is 1. The van der Waals surface area contributed by atoms with Crippen LogP contribution in [0.5, 0.6) is 0 Å². The number of nitrogens with one attached hydrogen (secondary N) is 2. The average Bonchev–Trinajstić information content (AvgIpc) is 3.34. The molecule has 0 saturated carbocycles. The highest BCUT2D eigenvalue weighted by Gasteiger charge is 2.25. The molecular weight excluding hydrogens is 448 g/mol. The fourth-order valence-electron chi connectivity index (χ4n) is 4.02. The first-order valence-electron chi connectivity index (χ1n) is 11.5. The Morgan fingerprint density at radius 3 is 2.61 bits per heavy atom. The van der Waals surface area contributed by atoms with Gasteiger partial charge in [-0.05, 0) is 50.0 Å². The highest BCUT2D eigenvalue weighted by Crippen LogP contribution is 2.32. The lowest BCUT2D eigenvalue weighted by Gasteiger charge is -2.33. The number of carbonyl (C=O) groups is 1. The number of thiazole rings is 1. The number of hydrogen-bond donors (Lipinski definition) is 2. The van der Waals surface area contributed by atoms with E-state index in [9.17, 15) is 4.79 Å². The van der Waals surface area contributed by atoms with Gasteiger partial charge in [0.1, 0.15) is 5.69 Å². The van der Waals surface area contributed by atoms with E-state index in [1.54, 1.807) is 11.3 Å².